The molecule has 6 heteroatoms. The normalized spacial score (nSPS) is 17.4. The van der Waals surface area contributed by atoms with Gasteiger partial charge < -0.3 is 20.4 Å². The first-order valence-corrected chi connectivity index (χ1v) is 8.50. The zero-order valence-electron chi connectivity index (χ0n) is 14.1. The van der Waals surface area contributed by atoms with Gasteiger partial charge in [0.15, 0.2) is 0 Å². The molecule has 0 unspecified atom stereocenters. The number of carbonyl (C=O) groups excluding carboxylic acids is 1. The summed E-state index contributed by atoms with van der Waals surface area (Å²) in [6, 6.07) is 5.41. The lowest BCUT2D eigenvalue weighted by Gasteiger charge is -2.30. The molecular formula is C18H26N2O4. The third-order valence-corrected chi connectivity index (χ3v) is 4.64. The van der Waals surface area contributed by atoms with Crippen molar-refractivity contribution in [3.63, 3.8) is 0 Å². The first-order valence-electron chi connectivity index (χ1n) is 8.50. The Hall–Kier alpha value is -2.08. The van der Waals surface area contributed by atoms with Crippen LogP contribution in [0.15, 0.2) is 24.3 Å². The first-order chi connectivity index (χ1) is 11.5. The number of likely N-dealkylation sites (tertiary alicyclic amines) is 1. The predicted octanol–water partition coefficient (Wildman–Crippen LogP) is 1.63. The first kappa shape index (κ1) is 18.3. The van der Waals surface area contributed by atoms with Crippen molar-refractivity contribution in [1.82, 2.24) is 10.2 Å². The van der Waals surface area contributed by atoms with Gasteiger partial charge in [-0.1, -0.05) is 19.1 Å². The summed E-state index contributed by atoms with van der Waals surface area (Å²) in [6.45, 7) is 5.18. The van der Waals surface area contributed by atoms with Gasteiger partial charge in [0.05, 0.1) is 0 Å². The number of hydrogen-bond donors (Lipinski definition) is 3. The van der Waals surface area contributed by atoms with Crippen LogP contribution in [0.2, 0.25) is 0 Å². The van der Waals surface area contributed by atoms with Gasteiger partial charge >= 0.3 is 5.97 Å². The second-order valence-electron chi connectivity index (χ2n) is 6.41. The standard InChI is InChI=1S/C18H26N2O4/c1-2-20-9-7-14(8-10-20)12-17(22)19-16(18(23)24)11-13-3-5-15(21)6-4-13/h3-6,14,16,21H,2,7-12H2,1H3,(H,19,22)(H,23,24)/t16-/m0/s1. The Morgan fingerprint density at radius 3 is 2.42 bits per heavy atom. The van der Waals surface area contributed by atoms with Crippen molar-refractivity contribution >= 4 is 11.9 Å². The zero-order chi connectivity index (χ0) is 17.5. The molecule has 1 fully saturated rings. The van der Waals surface area contributed by atoms with E-state index < -0.39 is 12.0 Å². The van der Waals surface area contributed by atoms with Gasteiger partial charge in [-0.3, -0.25) is 4.79 Å². The molecule has 1 aromatic carbocycles. The number of phenols is 1. The van der Waals surface area contributed by atoms with Crippen LogP contribution in [0.1, 0.15) is 31.7 Å². The Morgan fingerprint density at radius 1 is 1.25 bits per heavy atom. The van der Waals surface area contributed by atoms with Crippen molar-refractivity contribution < 1.29 is 19.8 Å². The summed E-state index contributed by atoms with van der Waals surface area (Å²) >= 11 is 0. The zero-order valence-corrected chi connectivity index (χ0v) is 14.1. The minimum absolute atomic E-state index is 0.132. The molecule has 1 atom stereocenters. The van der Waals surface area contributed by atoms with Crippen molar-refractivity contribution in [3.8, 4) is 5.75 Å². The number of nitrogens with one attached hydrogen (secondary N) is 1. The number of carboxylic acids is 1. The second kappa shape index (κ2) is 8.68. The fourth-order valence-corrected chi connectivity index (χ4v) is 3.09. The average molecular weight is 334 g/mol. The number of carboxylic acid groups (broad SMARTS) is 1. The third-order valence-electron chi connectivity index (χ3n) is 4.64. The molecule has 1 aromatic rings. The summed E-state index contributed by atoms with van der Waals surface area (Å²) in [5, 5.41) is 21.3. The maximum absolute atomic E-state index is 12.2. The molecule has 24 heavy (non-hydrogen) atoms. The van der Waals surface area contributed by atoms with Crippen LogP contribution >= 0.6 is 0 Å². The number of hydrogen-bond acceptors (Lipinski definition) is 4. The molecule has 1 saturated heterocycles. The number of aromatic hydroxyl groups is 1. The van der Waals surface area contributed by atoms with E-state index in [1.807, 2.05) is 0 Å². The smallest absolute Gasteiger partial charge is 0.326 e. The fourth-order valence-electron chi connectivity index (χ4n) is 3.09. The summed E-state index contributed by atoms with van der Waals surface area (Å²) in [6.07, 6.45) is 2.56. The van der Waals surface area contributed by atoms with E-state index in [9.17, 15) is 19.8 Å². The van der Waals surface area contributed by atoms with Crippen LogP contribution in [0.3, 0.4) is 0 Å². The molecule has 0 radical (unpaired) electrons. The number of amides is 1. The Bertz CT molecular complexity index is 551. The summed E-state index contributed by atoms with van der Waals surface area (Å²) < 4.78 is 0. The van der Waals surface area contributed by atoms with Crippen LogP contribution in [0.25, 0.3) is 0 Å². The quantitative estimate of drug-likeness (QED) is 0.705. The SMILES string of the molecule is CCN1CCC(CC(=O)N[C@@H](Cc2ccc(O)cc2)C(=O)O)CC1. The summed E-state index contributed by atoms with van der Waals surface area (Å²) in [4.78, 5) is 26.0. The lowest BCUT2D eigenvalue weighted by Crippen LogP contribution is -2.43. The lowest BCUT2D eigenvalue weighted by atomic mass is 9.93. The summed E-state index contributed by atoms with van der Waals surface area (Å²) in [7, 11) is 0. The number of rotatable bonds is 7. The van der Waals surface area contributed by atoms with E-state index >= 15 is 0 Å². The monoisotopic (exact) mass is 334 g/mol. The maximum Gasteiger partial charge on any atom is 0.326 e. The maximum atomic E-state index is 12.2. The Morgan fingerprint density at radius 2 is 1.88 bits per heavy atom. The van der Waals surface area contributed by atoms with E-state index in [1.54, 1.807) is 12.1 Å². The van der Waals surface area contributed by atoms with E-state index in [0.717, 1.165) is 38.0 Å². The number of aliphatic carboxylic acids is 1. The number of phenolic OH excluding ortho intramolecular Hbond substituents is 1. The molecule has 0 spiro atoms. The van der Waals surface area contributed by atoms with E-state index in [1.165, 1.54) is 12.1 Å². The second-order valence-corrected chi connectivity index (χ2v) is 6.41. The van der Waals surface area contributed by atoms with Gasteiger partial charge in [0.1, 0.15) is 11.8 Å². The highest BCUT2D eigenvalue weighted by Gasteiger charge is 2.24. The number of carbonyl (C=O) groups is 2. The van der Waals surface area contributed by atoms with Gasteiger partial charge in [-0.15, -0.1) is 0 Å². The van der Waals surface area contributed by atoms with Crippen molar-refractivity contribution in [2.75, 3.05) is 19.6 Å². The Labute approximate surface area is 142 Å². The molecule has 0 aliphatic carbocycles. The molecule has 0 bridgehead atoms. The number of nitrogens with zero attached hydrogens (tertiary/aromatic N) is 1. The molecule has 0 aromatic heterocycles. The molecule has 1 aliphatic rings. The van der Waals surface area contributed by atoms with Crippen LogP contribution in [-0.2, 0) is 16.0 Å². The van der Waals surface area contributed by atoms with Gasteiger partial charge in [-0.25, -0.2) is 4.79 Å². The molecular weight excluding hydrogens is 308 g/mol. The molecule has 1 amide bonds. The van der Waals surface area contributed by atoms with Crippen LogP contribution in [-0.4, -0.2) is 52.7 Å². The van der Waals surface area contributed by atoms with Crippen LogP contribution in [0.5, 0.6) is 5.75 Å². The van der Waals surface area contributed by atoms with E-state index in [0.29, 0.717) is 12.3 Å². The summed E-state index contributed by atoms with van der Waals surface area (Å²) in [5.74, 6) is -0.780. The molecule has 3 N–H and O–H groups in total. The van der Waals surface area contributed by atoms with Gasteiger partial charge in [0.2, 0.25) is 5.91 Å². The molecule has 1 aliphatic heterocycles. The molecule has 1 heterocycles. The highest BCUT2D eigenvalue weighted by Crippen LogP contribution is 2.20. The van der Waals surface area contributed by atoms with E-state index in [-0.39, 0.29) is 18.1 Å². The van der Waals surface area contributed by atoms with Gasteiger partial charge in [-0.2, -0.15) is 0 Å². The Balaban J connectivity index is 1.84. The summed E-state index contributed by atoms with van der Waals surface area (Å²) in [5.41, 5.74) is 0.761. The van der Waals surface area contributed by atoms with Gasteiger partial charge in [0.25, 0.3) is 0 Å². The number of benzene rings is 1. The van der Waals surface area contributed by atoms with Gasteiger partial charge in [-0.05, 0) is 56.1 Å². The predicted molar refractivity (Wildman–Crippen MR) is 90.8 cm³/mol. The highest BCUT2D eigenvalue weighted by atomic mass is 16.4. The molecule has 0 saturated carbocycles. The minimum Gasteiger partial charge on any atom is -0.508 e. The van der Waals surface area contributed by atoms with Crippen LogP contribution in [0.4, 0.5) is 0 Å². The van der Waals surface area contributed by atoms with Crippen LogP contribution in [0, 0.1) is 5.92 Å². The van der Waals surface area contributed by atoms with Crippen molar-refractivity contribution in [2.24, 2.45) is 5.92 Å². The molecule has 132 valence electrons. The number of piperidine rings is 1. The molecule has 2 rings (SSSR count). The average Bonchev–Trinajstić information content (AvgIpc) is 2.56. The molecule has 6 nitrogen and oxygen atoms in total. The van der Waals surface area contributed by atoms with Crippen molar-refractivity contribution in [2.45, 2.75) is 38.6 Å². The van der Waals surface area contributed by atoms with Gasteiger partial charge in [0, 0.05) is 12.8 Å². The topological polar surface area (TPSA) is 89.9 Å². The van der Waals surface area contributed by atoms with Crippen molar-refractivity contribution in [1.29, 1.82) is 0 Å². The van der Waals surface area contributed by atoms with E-state index in [4.69, 9.17) is 0 Å². The lowest BCUT2D eigenvalue weighted by molar-refractivity contribution is -0.142. The van der Waals surface area contributed by atoms with E-state index in [2.05, 4.69) is 17.1 Å². The Kier molecular flexibility index (Phi) is 6.61. The largest absolute Gasteiger partial charge is 0.508 e. The minimum atomic E-state index is -1.04. The highest BCUT2D eigenvalue weighted by molar-refractivity contribution is 5.83. The van der Waals surface area contributed by atoms with Crippen molar-refractivity contribution in [3.05, 3.63) is 29.8 Å². The third kappa shape index (κ3) is 5.53. The fraction of sp³-hybridized carbons (Fsp3) is 0.556. The van der Waals surface area contributed by atoms with Crippen LogP contribution < -0.4 is 5.32 Å².